The van der Waals surface area contributed by atoms with Crippen LogP contribution in [0, 0.1) is 5.82 Å². The standard InChI is InChI=1S/C22H26ClFN2O4S/c1-22(2,3)30-21(27)25-13-5-6-20(25)26(16-9-12-19(24)18(23)14-16)15-7-10-17(11-8-15)31(4,28)29/h7-12,14,20H,5-6,13H2,1-4H3/t20-/m1/s1. The van der Waals surface area contributed by atoms with Crippen molar-refractivity contribution in [2.75, 3.05) is 17.7 Å². The summed E-state index contributed by atoms with van der Waals surface area (Å²) < 4.78 is 43.1. The van der Waals surface area contributed by atoms with Crippen LogP contribution >= 0.6 is 11.6 Å². The monoisotopic (exact) mass is 468 g/mol. The Morgan fingerprint density at radius 3 is 2.32 bits per heavy atom. The first-order valence-electron chi connectivity index (χ1n) is 9.91. The molecule has 1 heterocycles. The van der Waals surface area contributed by atoms with Crippen LogP contribution in [0.2, 0.25) is 5.02 Å². The van der Waals surface area contributed by atoms with Crippen LogP contribution < -0.4 is 4.90 Å². The molecule has 0 unspecified atom stereocenters. The minimum Gasteiger partial charge on any atom is -0.444 e. The maximum absolute atomic E-state index is 13.8. The zero-order valence-corrected chi connectivity index (χ0v) is 19.5. The van der Waals surface area contributed by atoms with Crippen molar-refractivity contribution in [3.05, 3.63) is 53.3 Å². The number of benzene rings is 2. The minimum absolute atomic E-state index is 0.0444. The highest BCUT2D eigenvalue weighted by Crippen LogP contribution is 2.36. The zero-order chi connectivity index (χ0) is 23.0. The summed E-state index contributed by atoms with van der Waals surface area (Å²) in [6.45, 7) is 5.92. The summed E-state index contributed by atoms with van der Waals surface area (Å²) in [5, 5.41) is -0.0444. The second kappa shape index (κ2) is 8.67. The lowest BCUT2D eigenvalue weighted by molar-refractivity contribution is 0.0231. The number of ether oxygens (including phenoxy) is 1. The molecule has 1 fully saturated rings. The smallest absolute Gasteiger partial charge is 0.411 e. The van der Waals surface area contributed by atoms with Gasteiger partial charge in [0, 0.05) is 24.2 Å². The van der Waals surface area contributed by atoms with Crippen LogP contribution in [0.1, 0.15) is 33.6 Å². The second-order valence-corrected chi connectivity index (χ2v) is 11.0. The number of halogens is 2. The molecular weight excluding hydrogens is 443 g/mol. The number of rotatable bonds is 4. The molecule has 2 aromatic rings. The molecule has 168 valence electrons. The van der Waals surface area contributed by atoms with Gasteiger partial charge in [-0.25, -0.2) is 17.6 Å². The van der Waals surface area contributed by atoms with Gasteiger partial charge in [0.05, 0.1) is 9.92 Å². The molecule has 0 radical (unpaired) electrons. The Balaban J connectivity index is 2.05. The van der Waals surface area contributed by atoms with Crippen LogP contribution in [0.4, 0.5) is 20.6 Å². The van der Waals surface area contributed by atoms with Crippen LogP contribution in [0.5, 0.6) is 0 Å². The van der Waals surface area contributed by atoms with Gasteiger partial charge in [-0.2, -0.15) is 0 Å². The van der Waals surface area contributed by atoms with Gasteiger partial charge in [0.1, 0.15) is 17.6 Å². The van der Waals surface area contributed by atoms with Crippen LogP contribution in [0.25, 0.3) is 0 Å². The van der Waals surface area contributed by atoms with Crippen molar-refractivity contribution in [3.63, 3.8) is 0 Å². The molecule has 2 aromatic carbocycles. The van der Waals surface area contributed by atoms with Crippen molar-refractivity contribution >= 4 is 38.9 Å². The van der Waals surface area contributed by atoms with E-state index in [2.05, 4.69) is 0 Å². The first-order chi connectivity index (χ1) is 14.4. The van der Waals surface area contributed by atoms with E-state index in [4.69, 9.17) is 16.3 Å². The molecule has 0 saturated carbocycles. The summed E-state index contributed by atoms with van der Waals surface area (Å²) in [5.74, 6) is -0.548. The third kappa shape index (κ3) is 5.49. The van der Waals surface area contributed by atoms with Gasteiger partial charge >= 0.3 is 6.09 Å². The molecule has 0 spiro atoms. The van der Waals surface area contributed by atoms with E-state index in [-0.39, 0.29) is 9.92 Å². The number of carbonyl (C=O) groups is 1. The van der Waals surface area contributed by atoms with E-state index in [1.807, 2.05) is 4.90 Å². The van der Waals surface area contributed by atoms with Crippen molar-refractivity contribution in [1.82, 2.24) is 4.90 Å². The number of likely N-dealkylation sites (tertiary alicyclic amines) is 1. The van der Waals surface area contributed by atoms with Gasteiger partial charge < -0.3 is 9.64 Å². The van der Waals surface area contributed by atoms with Gasteiger partial charge in [0.25, 0.3) is 0 Å². The molecular formula is C22H26ClFN2O4S. The number of sulfone groups is 1. The third-order valence-corrected chi connectivity index (χ3v) is 6.29. The number of carbonyl (C=O) groups excluding carboxylic acids is 1. The van der Waals surface area contributed by atoms with E-state index in [0.717, 1.165) is 12.7 Å². The Kier molecular flexibility index (Phi) is 6.53. The fourth-order valence-electron chi connectivity index (χ4n) is 3.53. The summed E-state index contributed by atoms with van der Waals surface area (Å²) in [5.41, 5.74) is 0.584. The van der Waals surface area contributed by atoms with Gasteiger partial charge in [-0.3, -0.25) is 4.90 Å². The first-order valence-corrected chi connectivity index (χ1v) is 12.2. The number of nitrogens with zero attached hydrogens (tertiary/aromatic N) is 2. The number of hydrogen-bond acceptors (Lipinski definition) is 5. The van der Waals surface area contributed by atoms with E-state index >= 15 is 0 Å². The maximum Gasteiger partial charge on any atom is 0.411 e. The molecule has 31 heavy (non-hydrogen) atoms. The number of hydrogen-bond donors (Lipinski definition) is 0. The average molecular weight is 469 g/mol. The molecule has 1 aliphatic heterocycles. The van der Waals surface area contributed by atoms with Crippen LogP contribution in [-0.4, -0.2) is 44.0 Å². The molecule has 1 amide bonds. The summed E-state index contributed by atoms with van der Waals surface area (Å²) in [4.78, 5) is 16.5. The topological polar surface area (TPSA) is 66.9 Å². The van der Waals surface area contributed by atoms with Gasteiger partial charge in [-0.1, -0.05) is 11.6 Å². The molecule has 1 atom stereocenters. The normalized spacial score (nSPS) is 17.0. The molecule has 0 aromatic heterocycles. The van der Waals surface area contributed by atoms with Crippen molar-refractivity contribution in [2.24, 2.45) is 0 Å². The molecule has 0 bridgehead atoms. The third-order valence-electron chi connectivity index (χ3n) is 4.87. The molecule has 6 nitrogen and oxygen atoms in total. The summed E-state index contributed by atoms with van der Waals surface area (Å²) in [6.07, 6.45) is 1.71. The maximum atomic E-state index is 13.8. The van der Waals surface area contributed by atoms with E-state index < -0.39 is 33.5 Å². The molecule has 1 saturated heterocycles. The highest BCUT2D eigenvalue weighted by molar-refractivity contribution is 7.90. The predicted octanol–water partition coefficient (Wildman–Crippen LogP) is 5.38. The predicted molar refractivity (Wildman–Crippen MR) is 119 cm³/mol. The Morgan fingerprint density at radius 1 is 1.16 bits per heavy atom. The Labute approximate surface area is 187 Å². The molecule has 0 aliphatic carbocycles. The fraction of sp³-hybridized carbons (Fsp3) is 0.409. The lowest BCUT2D eigenvalue weighted by Crippen LogP contribution is -2.47. The highest BCUT2D eigenvalue weighted by Gasteiger charge is 2.37. The fourth-order valence-corrected chi connectivity index (χ4v) is 4.34. The zero-order valence-electron chi connectivity index (χ0n) is 17.9. The quantitative estimate of drug-likeness (QED) is 0.602. The summed E-state index contributed by atoms with van der Waals surface area (Å²) in [7, 11) is -3.36. The van der Waals surface area contributed by atoms with Gasteiger partial charge in [0.15, 0.2) is 9.84 Å². The highest BCUT2D eigenvalue weighted by atomic mass is 35.5. The minimum atomic E-state index is -3.36. The summed E-state index contributed by atoms with van der Waals surface area (Å²) >= 11 is 6.04. The van der Waals surface area contributed by atoms with Crippen LogP contribution in [-0.2, 0) is 14.6 Å². The van der Waals surface area contributed by atoms with Crippen molar-refractivity contribution in [1.29, 1.82) is 0 Å². The van der Waals surface area contributed by atoms with E-state index in [9.17, 15) is 17.6 Å². The average Bonchev–Trinajstić information content (AvgIpc) is 3.13. The van der Waals surface area contributed by atoms with Gasteiger partial charge in [-0.05, 0) is 76.1 Å². The first kappa shape index (κ1) is 23.3. The Bertz CT molecular complexity index is 1070. The SMILES string of the molecule is CC(C)(C)OC(=O)N1CCC[C@H]1N(c1ccc(S(C)(=O)=O)cc1)c1ccc(F)c(Cl)c1. The molecule has 1 aliphatic rings. The van der Waals surface area contributed by atoms with Gasteiger partial charge in [0.2, 0.25) is 0 Å². The Hall–Kier alpha value is -2.32. The molecule has 9 heteroatoms. The van der Waals surface area contributed by atoms with Crippen molar-refractivity contribution in [2.45, 2.75) is 50.3 Å². The van der Waals surface area contributed by atoms with Crippen LogP contribution in [0.3, 0.4) is 0 Å². The van der Waals surface area contributed by atoms with E-state index in [0.29, 0.717) is 24.3 Å². The Morgan fingerprint density at radius 2 is 1.77 bits per heavy atom. The largest absolute Gasteiger partial charge is 0.444 e. The van der Waals surface area contributed by atoms with Crippen molar-refractivity contribution in [3.8, 4) is 0 Å². The number of amides is 1. The number of anilines is 2. The molecule has 3 rings (SSSR count). The lowest BCUT2D eigenvalue weighted by Gasteiger charge is -2.37. The molecule has 0 N–H and O–H groups in total. The van der Waals surface area contributed by atoms with E-state index in [1.54, 1.807) is 43.9 Å². The van der Waals surface area contributed by atoms with Crippen LogP contribution in [0.15, 0.2) is 47.4 Å². The second-order valence-electron chi connectivity index (χ2n) is 8.53. The lowest BCUT2D eigenvalue weighted by atomic mass is 10.2. The summed E-state index contributed by atoms with van der Waals surface area (Å²) in [6, 6.07) is 10.7. The van der Waals surface area contributed by atoms with Gasteiger partial charge in [-0.15, -0.1) is 0 Å². The van der Waals surface area contributed by atoms with Crippen molar-refractivity contribution < 1.29 is 22.3 Å². The van der Waals surface area contributed by atoms with E-state index in [1.165, 1.54) is 24.3 Å².